The van der Waals surface area contributed by atoms with Gasteiger partial charge in [0, 0.05) is 5.54 Å². The van der Waals surface area contributed by atoms with Crippen molar-refractivity contribution in [1.29, 1.82) is 0 Å². The number of hydrogen-bond donors (Lipinski definition) is 0. The maximum absolute atomic E-state index is 5.78. The fourth-order valence-electron chi connectivity index (χ4n) is 3.13. The topological polar surface area (TPSA) is 9.23 Å². The summed E-state index contributed by atoms with van der Waals surface area (Å²) in [6.07, 6.45) is 10.8. The number of allylic oxidation sites excluding steroid dienone is 1. The van der Waals surface area contributed by atoms with Crippen molar-refractivity contribution in [3.8, 4) is 5.75 Å². The summed E-state index contributed by atoms with van der Waals surface area (Å²) >= 11 is 5.67. The Bertz CT molecular complexity index is 416. The lowest BCUT2D eigenvalue weighted by Gasteiger charge is -2.27. The van der Waals surface area contributed by atoms with Crippen LogP contribution in [0.25, 0.3) is 0 Å². The first-order chi connectivity index (χ1) is 10.3. The van der Waals surface area contributed by atoms with Gasteiger partial charge in [0.05, 0.1) is 6.61 Å². The summed E-state index contributed by atoms with van der Waals surface area (Å²) in [6.45, 7) is 3.05. The van der Waals surface area contributed by atoms with Crippen LogP contribution >= 0.6 is 11.6 Å². The summed E-state index contributed by atoms with van der Waals surface area (Å²) in [7, 11) is 0. The van der Waals surface area contributed by atoms with E-state index in [0.717, 1.165) is 18.8 Å². The molecule has 1 fully saturated rings. The molecule has 0 radical (unpaired) electrons. The van der Waals surface area contributed by atoms with Crippen molar-refractivity contribution < 1.29 is 4.74 Å². The highest BCUT2D eigenvalue weighted by molar-refractivity contribution is 6.25. The smallest absolute Gasteiger partial charge is 0.119 e. The molecule has 0 unspecified atom stereocenters. The molecule has 2 heteroatoms. The molecule has 21 heavy (non-hydrogen) atoms. The summed E-state index contributed by atoms with van der Waals surface area (Å²) in [5.41, 5.74) is 3.14. The normalized spacial score (nSPS) is 22.6. The molecule has 0 N–H and O–H groups in total. The molecule has 1 saturated carbocycles. The summed E-state index contributed by atoms with van der Waals surface area (Å²) in [5, 5.41) is 0. The molecule has 0 heterocycles. The fraction of sp³-hybridized carbons (Fsp3) is 0.579. The molecule has 0 bridgehead atoms. The molecule has 0 amide bonds. The molecule has 1 aliphatic carbocycles. The van der Waals surface area contributed by atoms with Gasteiger partial charge >= 0.3 is 0 Å². The van der Waals surface area contributed by atoms with Crippen LogP contribution in [0.4, 0.5) is 0 Å². The molecule has 0 aromatic heterocycles. The highest BCUT2D eigenvalue weighted by Gasteiger charge is 2.20. The highest BCUT2D eigenvalue weighted by atomic mass is 35.5. The molecule has 1 nitrogen and oxygen atoms in total. The van der Waals surface area contributed by atoms with Gasteiger partial charge in [-0.15, -0.1) is 0 Å². The van der Waals surface area contributed by atoms with Gasteiger partial charge in [-0.05, 0) is 61.6 Å². The van der Waals surface area contributed by atoms with Gasteiger partial charge in [-0.2, -0.15) is 0 Å². The molecule has 1 aromatic rings. The van der Waals surface area contributed by atoms with Crippen molar-refractivity contribution >= 4 is 11.6 Å². The number of ether oxygens (including phenoxy) is 1. The largest absolute Gasteiger partial charge is 0.494 e. The van der Waals surface area contributed by atoms with Gasteiger partial charge in [0.25, 0.3) is 0 Å². The van der Waals surface area contributed by atoms with E-state index in [1.165, 1.54) is 44.1 Å². The summed E-state index contributed by atoms with van der Waals surface area (Å²) in [6, 6.07) is 8.76. The van der Waals surface area contributed by atoms with Crippen LogP contribution in [0, 0.1) is 5.92 Å². The molecule has 116 valence electrons. The summed E-state index contributed by atoms with van der Waals surface area (Å²) in [5.74, 6) is 2.40. The molecule has 0 saturated heterocycles. The van der Waals surface area contributed by atoms with Gasteiger partial charge in [0.2, 0.25) is 0 Å². The Morgan fingerprint density at radius 1 is 1.10 bits per heavy atom. The minimum Gasteiger partial charge on any atom is -0.494 e. The van der Waals surface area contributed by atoms with Gasteiger partial charge in [-0.1, -0.05) is 49.6 Å². The molecular weight excluding hydrogens is 280 g/mol. The van der Waals surface area contributed by atoms with Crippen LogP contribution in [-0.4, -0.2) is 6.61 Å². The van der Waals surface area contributed by atoms with Gasteiger partial charge in [0.15, 0.2) is 0 Å². The monoisotopic (exact) mass is 306 g/mol. The first-order valence-electron chi connectivity index (χ1n) is 8.33. The maximum atomic E-state index is 5.78. The predicted molar refractivity (Wildman–Crippen MR) is 91.2 cm³/mol. The highest BCUT2D eigenvalue weighted by Crippen LogP contribution is 2.36. The minimum absolute atomic E-state index is 0.680. The molecule has 0 aliphatic heterocycles. The van der Waals surface area contributed by atoms with Crippen LogP contribution in [0.15, 0.2) is 35.9 Å². The van der Waals surface area contributed by atoms with Crippen molar-refractivity contribution in [3.63, 3.8) is 0 Å². The van der Waals surface area contributed by atoms with Crippen LogP contribution in [0.2, 0.25) is 0 Å². The van der Waals surface area contributed by atoms with E-state index < -0.39 is 0 Å². The Morgan fingerprint density at radius 3 is 2.43 bits per heavy atom. The van der Waals surface area contributed by atoms with Gasteiger partial charge in [0.1, 0.15) is 5.75 Å². The van der Waals surface area contributed by atoms with Gasteiger partial charge in [-0.25, -0.2) is 0 Å². The van der Waals surface area contributed by atoms with Crippen molar-refractivity contribution in [2.75, 3.05) is 6.61 Å². The van der Waals surface area contributed by atoms with Crippen molar-refractivity contribution in [2.45, 2.75) is 57.8 Å². The lowest BCUT2D eigenvalue weighted by molar-refractivity contribution is 0.306. The molecule has 2 rings (SSSR count). The second kappa shape index (κ2) is 9.15. The predicted octanol–water partition coefficient (Wildman–Crippen LogP) is 6.28. The van der Waals surface area contributed by atoms with E-state index >= 15 is 0 Å². The van der Waals surface area contributed by atoms with E-state index in [1.807, 2.05) is 0 Å². The minimum atomic E-state index is 0.680. The zero-order valence-corrected chi connectivity index (χ0v) is 13.8. The van der Waals surface area contributed by atoms with Crippen molar-refractivity contribution in [3.05, 3.63) is 41.4 Å². The number of benzene rings is 1. The van der Waals surface area contributed by atoms with Crippen LogP contribution in [0.5, 0.6) is 5.75 Å². The number of halogens is 1. The maximum Gasteiger partial charge on any atom is 0.119 e. The lowest BCUT2D eigenvalue weighted by atomic mass is 9.79. The van der Waals surface area contributed by atoms with Crippen LogP contribution in [0.3, 0.4) is 0 Å². The van der Waals surface area contributed by atoms with Crippen LogP contribution < -0.4 is 4.74 Å². The number of unbranched alkanes of at least 4 members (excludes halogenated alkanes) is 2. The Labute approximate surface area is 134 Å². The SMILES string of the molecule is CCCCCOc1ccc([C@H]2CC[C@H](/C=C/Cl)CC2)cc1. The Balaban J connectivity index is 1.79. The third-order valence-electron chi connectivity index (χ3n) is 4.48. The van der Waals surface area contributed by atoms with Crippen molar-refractivity contribution in [1.82, 2.24) is 0 Å². The molecule has 1 aromatic carbocycles. The number of hydrogen-bond acceptors (Lipinski definition) is 1. The zero-order valence-electron chi connectivity index (χ0n) is 13.1. The average molecular weight is 307 g/mol. The average Bonchev–Trinajstić information content (AvgIpc) is 2.53. The molecule has 0 atom stereocenters. The Hall–Kier alpha value is -0.950. The summed E-state index contributed by atoms with van der Waals surface area (Å²) in [4.78, 5) is 0. The quantitative estimate of drug-likeness (QED) is 0.538. The standard InChI is InChI=1S/C19H27ClO/c1-2-3-4-15-21-19-11-9-18(10-12-19)17-7-5-16(6-8-17)13-14-20/h9-14,16-17H,2-8,15H2,1H3/b14-13+/t16-,17-. The molecular formula is C19H27ClO. The van der Waals surface area contributed by atoms with Crippen LogP contribution in [-0.2, 0) is 0 Å². The van der Waals surface area contributed by atoms with Crippen molar-refractivity contribution in [2.24, 2.45) is 5.92 Å². The van der Waals surface area contributed by atoms with E-state index in [-0.39, 0.29) is 0 Å². The van der Waals surface area contributed by atoms with E-state index in [9.17, 15) is 0 Å². The second-order valence-corrected chi connectivity index (χ2v) is 6.31. The Morgan fingerprint density at radius 2 is 1.81 bits per heavy atom. The fourth-order valence-corrected chi connectivity index (χ4v) is 3.33. The number of rotatable bonds is 7. The molecule has 0 spiro atoms. The van der Waals surface area contributed by atoms with E-state index in [1.54, 1.807) is 5.54 Å². The third kappa shape index (κ3) is 5.39. The zero-order chi connectivity index (χ0) is 14.9. The first kappa shape index (κ1) is 16.4. The van der Waals surface area contributed by atoms with E-state index in [0.29, 0.717) is 11.8 Å². The van der Waals surface area contributed by atoms with E-state index in [4.69, 9.17) is 16.3 Å². The second-order valence-electron chi connectivity index (χ2n) is 6.05. The van der Waals surface area contributed by atoms with Crippen LogP contribution in [0.1, 0.15) is 63.4 Å². The van der Waals surface area contributed by atoms with Gasteiger partial charge < -0.3 is 4.74 Å². The first-order valence-corrected chi connectivity index (χ1v) is 8.76. The lowest BCUT2D eigenvalue weighted by Crippen LogP contribution is -2.11. The molecule has 1 aliphatic rings. The van der Waals surface area contributed by atoms with Gasteiger partial charge in [-0.3, -0.25) is 0 Å². The Kier molecular flexibility index (Phi) is 7.15. The third-order valence-corrected chi connectivity index (χ3v) is 4.63. The summed E-state index contributed by atoms with van der Waals surface area (Å²) < 4.78 is 5.78. The van der Waals surface area contributed by atoms with E-state index in [2.05, 4.69) is 37.3 Å².